The maximum Gasteiger partial charge on any atom is 0.225 e. The monoisotopic (exact) mass is 364 g/mol. The number of H-pyrrole nitrogens is 1. The minimum absolute atomic E-state index is 0.00111. The number of amides is 1. The summed E-state index contributed by atoms with van der Waals surface area (Å²) in [7, 11) is 1.88. The number of nitrogens with zero attached hydrogens (tertiary/aromatic N) is 1. The van der Waals surface area contributed by atoms with Crippen molar-refractivity contribution in [3.63, 3.8) is 0 Å². The van der Waals surface area contributed by atoms with E-state index in [4.69, 9.17) is 0 Å². The van der Waals surface area contributed by atoms with Crippen LogP contribution < -0.4 is 10.6 Å². The van der Waals surface area contributed by atoms with Gasteiger partial charge in [0.25, 0.3) is 0 Å². The molecule has 0 fully saturated rings. The van der Waals surface area contributed by atoms with Gasteiger partial charge < -0.3 is 10.6 Å². The third-order valence-corrected chi connectivity index (χ3v) is 3.97. The molecule has 0 unspecified atom stereocenters. The highest BCUT2D eigenvalue weighted by molar-refractivity contribution is 9.10. The lowest BCUT2D eigenvalue weighted by Crippen LogP contribution is -2.16. The molecule has 0 atom stereocenters. The number of nitrogens with one attached hydrogen (secondary N) is 3. The average Bonchev–Trinajstić information content (AvgIpc) is 2.91. The van der Waals surface area contributed by atoms with Gasteiger partial charge in [0, 0.05) is 16.5 Å². The van der Waals surface area contributed by atoms with Crippen molar-refractivity contribution in [3.8, 4) is 11.3 Å². The second kappa shape index (κ2) is 8.10. The molecule has 22 heavy (non-hydrogen) atoms. The van der Waals surface area contributed by atoms with Gasteiger partial charge in [0.05, 0.1) is 5.69 Å². The summed E-state index contributed by atoms with van der Waals surface area (Å²) in [6.45, 7) is 2.89. The van der Waals surface area contributed by atoms with Gasteiger partial charge in [0.15, 0.2) is 5.82 Å². The Morgan fingerprint density at radius 1 is 1.32 bits per heavy atom. The molecule has 3 N–H and O–H groups in total. The average molecular weight is 365 g/mol. The zero-order chi connectivity index (χ0) is 15.9. The predicted molar refractivity (Wildman–Crippen MR) is 92.9 cm³/mol. The summed E-state index contributed by atoms with van der Waals surface area (Å²) in [6.07, 6.45) is 2.10. The SMILES string of the molecule is CCc1c(NC(=O)CCCNC)n[nH]c1-c1ccc(Br)cc1. The molecule has 0 aliphatic carbocycles. The van der Waals surface area contributed by atoms with Crippen LogP contribution >= 0.6 is 15.9 Å². The molecule has 0 saturated carbocycles. The van der Waals surface area contributed by atoms with E-state index in [2.05, 4.69) is 43.7 Å². The molecular weight excluding hydrogens is 344 g/mol. The lowest BCUT2D eigenvalue weighted by atomic mass is 10.1. The van der Waals surface area contributed by atoms with Crippen LogP contribution in [0.3, 0.4) is 0 Å². The van der Waals surface area contributed by atoms with Crippen LogP contribution in [0.25, 0.3) is 11.3 Å². The van der Waals surface area contributed by atoms with Crippen LogP contribution in [0.4, 0.5) is 5.82 Å². The van der Waals surface area contributed by atoms with E-state index >= 15 is 0 Å². The Hall–Kier alpha value is -1.66. The van der Waals surface area contributed by atoms with Crippen LogP contribution in [0.2, 0.25) is 0 Å². The van der Waals surface area contributed by atoms with Gasteiger partial charge in [-0.1, -0.05) is 35.0 Å². The normalized spacial score (nSPS) is 10.7. The van der Waals surface area contributed by atoms with Crippen LogP contribution in [-0.4, -0.2) is 29.7 Å². The fourth-order valence-corrected chi connectivity index (χ4v) is 2.55. The van der Waals surface area contributed by atoms with E-state index < -0.39 is 0 Å². The Balaban J connectivity index is 2.13. The van der Waals surface area contributed by atoms with Crippen molar-refractivity contribution in [2.45, 2.75) is 26.2 Å². The van der Waals surface area contributed by atoms with Gasteiger partial charge in [0.2, 0.25) is 5.91 Å². The number of hydrogen-bond acceptors (Lipinski definition) is 3. The molecule has 6 heteroatoms. The predicted octanol–water partition coefficient (Wildman–Crippen LogP) is 3.34. The summed E-state index contributed by atoms with van der Waals surface area (Å²) in [5.41, 5.74) is 3.05. The highest BCUT2D eigenvalue weighted by atomic mass is 79.9. The van der Waals surface area contributed by atoms with Gasteiger partial charge in [-0.2, -0.15) is 5.10 Å². The largest absolute Gasteiger partial charge is 0.320 e. The van der Waals surface area contributed by atoms with Gasteiger partial charge in [-0.05, 0) is 44.1 Å². The summed E-state index contributed by atoms with van der Waals surface area (Å²) in [5, 5.41) is 13.2. The molecule has 1 amide bonds. The maximum absolute atomic E-state index is 11.9. The van der Waals surface area contributed by atoms with E-state index in [1.165, 1.54) is 0 Å². The number of aromatic amines is 1. The molecule has 1 heterocycles. The third kappa shape index (κ3) is 4.18. The molecule has 5 nitrogen and oxygen atoms in total. The van der Waals surface area contributed by atoms with Crippen LogP contribution in [0.5, 0.6) is 0 Å². The molecule has 1 aromatic carbocycles. The second-order valence-electron chi connectivity index (χ2n) is 5.04. The Morgan fingerprint density at radius 3 is 2.68 bits per heavy atom. The lowest BCUT2D eigenvalue weighted by molar-refractivity contribution is -0.116. The van der Waals surface area contributed by atoms with E-state index in [9.17, 15) is 4.79 Å². The molecule has 0 aliphatic heterocycles. The minimum Gasteiger partial charge on any atom is -0.320 e. The molecular formula is C16H21BrN4O. The number of halogens is 1. The number of benzene rings is 1. The zero-order valence-corrected chi connectivity index (χ0v) is 14.5. The first-order valence-electron chi connectivity index (χ1n) is 7.43. The highest BCUT2D eigenvalue weighted by Crippen LogP contribution is 2.28. The van der Waals surface area contributed by atoms with Crippen molar-refractivity contribution < 1.29 is 4.79 Å². The van der Waals surface area contributed by atoms with Crippen molar-refractivity contribution >= 4 is 27.7 Å². The summed E-state index contributed by atoms with van der Waals surface area (Å²) >= 11 is 3.43. The second-order valence-corrected chi connectivity index (χ2v) is 5.96. The molecule has 2 rings (SSSR count). The fourth-order valence-electron chi connectivity index (χ4n) is 2.29. The van der Waals surface area contributed by atoms with E-state index in [0.29, 0.717) is 12.2 Å². The first kappa shape index (κ1) is 16.7. The van der Waals surface area contributed by atoms with Gasteiger partial charge in [-0.3, -0.25) is 9.89 Å². The van der Waals surface area contributed by atoms with Gasteiger partial charge in [-0.15, -0.1) is 0 Å². The number of hydrogen-bond donors (Lipinski definition) is 3. The molecule has 0 saturated heterocycles. The number of carbonyl (C=O) groups is 1. The topological polar surface area (TPSA) is 69.8 Å². The van der Waals surface area contributed by atoms with Crippen LogP contribution in [-0.2, 0) is 11.2 Å². The number of rotatable bonds is 7. The maximum atomic E-state index is 11.9. The van der Waals surface area contributed by atoms with E-state index in [1.807, 2.05) is 31.3 Å². The molecule has 2 aromatic rings. The Bertz CT molecular complexity index is 622. The first-order valence-corrected chi connectivity index (χ1v) is 8.22. The molecule has 0 bridgehead atoms. The number of carbonyl (C=O) groups excluding carboxylic acids is 1. The van der Waals surface area contributed by atoms with Crippen molar-refractivity contribution in [1.82, 2.24) is 15.5 Å². The first-order chi connectivity index (χ1) is 10.7. The Morgan fingerprint density at radius 2 is 2.05 bits per heavy atom. The molecule has 0 radical (unpaired) electrons. The molecule has 118 valence electrons. The van der Waals surface area contributed by atoms with Gasteiger partial charge >= 0.3 is 0 Å². The van der Waals surface area contributed by atoms with E-state index in [0.717, 1.165) is 40.7 Å². The summed E-state index contributed by atoms with van der Waals surface area (Å²) in [4.78, 5) is 11.9. The Kier molecular flexibility index (Phi) is 6.15. The van der Waals surface area contributed by atoms with Gasteiger partial charge in [-0.25, -0.2) is 0 Å². The standard InChI is InChI=1S/C16H21BrN4O/c1-3-13-15(11-6-8-12(17)9-7-11)20-21-16(13)19-14(22)5-4-10-18-2/h6-9,18H,3-5,10H2,1-2H3,(H2,19,20,21,22). The summed E-state index contributed by atoms with van der Waals surface area (Å²) in [5.74, 6) is 0.633. The Labute approximate surface area is 139 Å². The van der Waals surface area contributed by atoms with Crippen LogP contribution in [0.1, 0.15) is 25.3 Å². The van der Waals surface area contributed by atoms with Gasteiger partial charge in [0.1, 0.15) is 0 Å². The number of aromatic nitrogens is 2. The van der Waals surface area contributed by atoms with E-state index in [1.54, 1.807) is 0 Å². The molecule has 0 spiro atoms. The highest BCUT2D eigenvalue weighted by Gasteiger charge is 2.15. The third-order valence-electron chi connectivity index (χ3n) is 3.44. The molecule has 1 aromatic heterocycles. The van der Waals surface area contributed by atoms with Crippen LogP contribution in [0.15, 0.2) is 28.7 Å². The summed E-state index contributed by atoms with van der Waals surface area (Å²) in [6, 6.07) is 8.03. The fraction of sp³-hybridized carbons (Fsp3) is 0.375. The molecule has 0 aliphatic rings. The zero-order valence-electron chi connectivity index (χ0n) is 12.9. The van der Waals surface area contributed by atoms with E-state index in [-0.39, 0.29) is 5.91 Å². The lowest BCUT2D eigenvalue weighted by Gasteiger charge is -2.06. The quantitative estimate of drug-likeness (QED) is 0.659. The van der Waals surface area contributed by atoms with Crippen molar-refractivity contribution in [3.05, 3.63) is 34.3 Å². The summed E-state index contributed by atoms with van der Waals surface area (Å²) < 4.78 is 1.03. The number of anilines is 1. The van der Waals surface area contributed by atoms with Crippen molar-refractivity contribution in [2.24, 2.45) is 0 Å². The van der Waals surface area contributed by atoms with Crippen molar-refractivity contribution in [1.29, 1.82) is 0 Å². The smallest absolute Gasteiger partial charge is 0.225 e. The van der Waals surface area contributed by atoms with Crippen molar-refractivity contribution in [2.75, 3.05) is 18.9 Å². The minimum atomic E-state index is -0.00111. The van der Waals surface area contributed by atoms with Crippen LogP contribution in [0, 0.1) is 0 Å².